The number of anilines is 3. The molecular formula is C31H35N5O. The van der Waals surface area contributed by atoms with Crippen LogP contribution in [0.2, 0.25) is 0 Å². The summed E-state index contributed by atoms with van der Waals surface area (Å²) in [6.45, 7) is 4.83. The first-order valence-electron chi connectivity index (χ1n) is 12.9. The van der Waals surface area contributed by atoms with E-state index in [0.717, 1.165) is 36.6 Å². The van der Waals surface area contributed by atoms with Crippen LogP contribution in [0.1, 0.15) is 41.5 Å². The van der Waals surface area contributed by atoms with Crippen molar-refractivity contribution in [3.05, 3.63) is 113 Å². The van der Waals surface area contributed by atoms with Gasteiger partial charge in [-0.2, -0.15) is 4.98 Å². The molecule has 1 saturated heterocycles. The summed E-state index contributed by atoms with van der Waals surface area (Å²) in [5.74, 6) is 1.67. The number of piperidine rings is 1. The summed E-state index contributed by atoms with van der Waals surface area (Å²) in [5, 5.41) is 5.96. The van der Waals surface area contributed by atoms with Crippen molar-refractivity contribution in [3.8, 4) is 0 Å². The second-order valence-corrected chi connectivity index (χ2v) is 9.26. The number of amides is 1. The number of benzene rings is 3. The lowest BCUT2D eigenvalue weighted by Crippen LogP contribution is -2.30. The molecule has 1 fully saturated rings. The van der Waals surface area contributed by atoms with E-state index in [4.69, 9.17) is 4.98 Å². The summed E-state index contributed by atoms with van der Waals surface area (Å²) in [7, 11) is 0. The Morgan fingerprint density at radius 2 is 1.59 bits per heavy atom. The number of carbonyl (C=O) groups excluding carboxylic acids is 1. The van der Waals surface area contributed by atoms with Gasteiger partial charge >= 0.3 is 0 Å². The number of hydrogen-bond acceptors (Lipinski definition) is 5. The van der Waals surface area contributed by atoms with E-state index in [1.807, 2.05) is 49.5 Å². The summed E-state index contributed by atoms with van der Waals surface area (Å²) in [6, 6.07) is 29.1. The minimum atomic E-state index is 0.615. The number of carbonyl (C=O) groups is 1. The Kier molecular flexibility index (Phi) is 9.64. The molecule has 4 aromatic rings. The van der Waals surface area contributed by atoms with Crippen LogP contribution in [0.3, 0.4) is 0 Å². The largest absolute Gasteiger partial charge is 0.356 e. The fraction of sp³-hybridized carbons (Fsp3) is 0.258. The first-order chi connectivity index (χ1) is 18.2. The van der Waals surface area contributed by atoms with Gasteiger partial charge in [0.2, 0.25) is 12.4 Å². The first-order valence-corrected chi connectivity index (χ1v) is 12.9. The van der Waals surface area contributed by atoms with E-state index in [-0.39, 0.29) is 0 Å². The highest BCUT2D eigenvalue weighted by atomic mass is 16.1. The van der Waals surface area contributed by atoms with Crippen LogP contribution in [0, 0.1) is 6.92 Å². The Balaban J connectivity index is 0.000000245. The highest BCUT2D eigenvalue weighted by molar-refractivity contribution is 5.56. The maximum absolute atomic E-state index is 9.93. The SMILES string of the molecule is Cc1ccc(CNC=O)cc1.c1ccc(Cc2cccc(Nc3nccc(N4CCCCC4)n3)c2)cc1. The van der Waals surface area contributed by atoms with Gasteiger partial charge in [0.1, 0.15) is 5.82 Å². The third kappa shape index (κ3) is 8.46. The molecule has 1 amide bonds. The molecule has 1 aromatic heterocycles. The molecule has 1 aliphatic rings. The van der Waals surface area contributed by atoms with E-state index in [1.165, 1.54) is 36.0 Å². The van der Waals surface area contributed by atoms with Crippen molar-refractivity contribution < 1.29 is 4.79 Å². The Morgan fingerprint density at radius 1 is 0.838 bits per heavy atom. The van der Waals surface area contributed by atoms with Crippen molar-refractivity contribution in [2.75, 3.05) is 23.3 Å². The van der Waals surface area contributed by atoms with Gasteiger partial charge in [0.25, 0.3) is 0 Å². The average molecular weight is 494 g/mol. The van der Waals surface area contributed by atoms with Gasteiger partial charge in [-0.25, -0.2) is 4.98 Å². The zero-order valence-corrected chi connectivity index (χ0v) is 21.4. The number of nitrogens with one attached hydrogen (secondary N) is 2. The lowest BCUT2D eigenvalue weighted by Gasteiger charge is -2.27. The van der Waals surface area contributed by atoms with E-state index in [1.54, 1.807) is 0 Å². The van der Waals surface area contributed by atoms with Crippen molar-refractivity contribution in [1.29, 1.82) is 0 Å². The van der Waals surface area contributed by atoms with E-state index < -0.39 is 0 Å². The van der Waals surface area contributed by atoms with E-state index in [9.17, 15) is 4.79 Å². The Bertz CT molecular complexity index is 1240. The molecular weight excluding hydrogens is 458 g/mol. The number of aromatic nitrogens is 2. The summed E-state index contributed by atoms with van der Waals surface area (Å²) < 4.78 is 0. The van der Waals surface area contributed by atoms with Gasteiger partial charge in [-0.15, -0.1) is 0 Å². The first kappa shape index (κ1) is 25.9. The summed E-state index contributed by atoms with van der Waals surface area (Å²) in [4.78, 5) is 21.4. The van der Waals surface area contributed by atoms with E-state index in [2.05, 4.69) is 69.0 Å². The van der Waals surface area contributed by atoms with Crippen LogP contribution in [0.4, 0.5) is 17.5 Å². The molecule has 2 N–H and O–H groups in total. The Hall–Kier alpha value is -4.19. The maximum atomic E-state index is 9.93. The number of aryl methyl sites for hydroxylation is 1. The zero-order valence-electron chi connectivity index (χ0n) is 21.4. The molecule has 6 heteroatoms. The highest BCUT2D eigenvalue weighted by Crippen LogP contribution is 2.21. The van der Waals surface area contributed by atoms with Gasteiger partial charge in [0.05, 0.1) is 0 Å². The van der Waals surface area contributed by atoms with Crippen molar-refractivity contribution in [1.82, 2.24) is 15.3 Å². The van der Waals surface area contributed by atoms with Crippen LogP contribution in [0.5, 0.6) is 0 Å². The number of nitrogens with zero attached hydrogens (tertiary/aromatic N) is 3. The van der Waals surface area contributed by atoms with E-state index >= 15 is 0 Å². The number of rotatable bonds is 8. The zero-order chi connectivity index (χ0) is 25.7. The molecule has 6 nitrogen and oxygen atoms in total. The molecule has 0 atom stereocenters. The molecule has 0 radical (unpaired) electrons. The summed E-state index contributed by atoms with van der Waals surface area (Å²) >= 11 is 0. The Labute approximate surface area is 219 Å². The molecule has 5 rings (SSSR count). The normalized spacial score (nSPS) is 12.7. The fourth-order valence-corrected chi connectivity index (χ4v) is 4.29. The Morgan fingerprint density at radius 3 is 2.35 bits per heavy atom. The molecule has 0 saturated carbocycles. The maximum Gasteiger partial charge on any atom is 0.229 e. The van der Waals surface area contributed by atoms with Crippen molar-refractivity contribution in [3.63, 3.8) is 0 Å². The van der Waals surface area contributed by atoms with E-state index in [0.29, 0.717) is 18.9 Å². The number of hydrogen-bond donors (Lipinski definition) is 2. The standard InChI is InChI=1S/C22H24N4.C9H11NO/c1-3-8-18(9-4-1)16-19-10-7-11-20(17-19)24-22-23-13-12-21(25-22)26-14-5-2-6-15-26;1-8-2-4-9(5-3-8)6-10-7-11/h1,3-4,7-13,17H,2,5-6,14-16H2,(H,23,24,25);2-5,7H,6H2,1H3,(H,10,11). The predicted octanol–water partition coefficient (Wildman–Crippen LogP) is 6.04. The van der Waals surface area contributed by atoms with Crippen LogP contribution in [-0.2, 0) is 17.8 Å². The third-order valence-corrected chi connectivity index (χ3v) is 6.27. The van der Waals surface area contributed by atoms with Crippen LogP contribution >= 0.6 is 0 Å². The molecule has 0 spiro atoms. The predicted molar refractivity (Wildman–Crippen MR) is 151 cm³/mol. The topological polar surface area (TPSA) is 70.2 Å². The highest BCUT2D eigenvalue weighted by Gasteiger charge is 2.12. The van der Waals surface area contributed by atoms with Gasteiger partial charge < -0.3 is 15.5 Å². The third-order valence-electron chi connectivity index (χ3n) is 6.27. The minimum absolute atomic E-state index is 0.615. The fourth-order valence-electron chi connectivity index (χ4n) is 4.29. The van der Waals surface area contributed by atoms with Gasteiger partial charge in [-0.1, -0.05) is 72.3 Å². The molecule has 3 aromatic carbocycles. The molecule has 0 aliphatic carbocycles. The molecule has 0 unspecified atom stereocenters. The molecule has 0 bridgehead atoms. The lowest BCUT2D eigenvalue weighted by molar-refractivity contribution is -0.109. The van der Waals surface area contributed by atoms with Gasteiger partial charge in [-0.05, 0) is 67.5 Å². The average Bonchev–Trinajstić information content (AvgIpc) is 2.95. The quantitative estimate of drug-likeness (QED) is 0.293. The second-order valence-electron chi connectivity index (χ2n) is 9.26. The molecule has 1 aliphatic heterocycles. The van der Waals surface area contributed by atoms with Crippen molar-refractivity contribution in [2.45, 2.75) is 39.2 Å². The van der Waals surface area contributed by atoms with Crippen molar-refractivity contribution in [2.24, 2.45) is 0 Å². The van der Waals surface area contributed by atoms with Crippen LogP contribution in [0.25, 0.3) is 0 Å². The van der Waals surface area contributed by atoms with Gasteiger partial charge in [0, 0.05) is 31.5 Å². The summed E-state index contributed by atoms with van der Waals surface area (Å²) in [6.07, 6.45) is 7.28. The summed E-state index contributed by atoms with van der Waals surface area (Å²) in [5.41, 5.74) is 5.97. The van der Waals surface area contributed by atoms with Crippen LogP contribution < -0.4 is 15.5 Å². The second kappa shape index (κ2) is 13.8. The van der Waals surface area contributed by atoms with Gasteiger partial charge in [-0.3, -0.25) is 4.79 Å². The smallest absolute Gasteiger partial charge is 0.229 e. The molecule has 37 heavy (non-hydrogen) atoms. The van der Waals surface area contributed by atoms with Crippen LogP contribution in [0.15, 0.2) is 91.1 Å². The molecule has 190 valence electrons. The minimum Gasteiger partial charge on any atom is -0.356 e. The molecule has 2 heterocycles. The van der Waals surface area contributed by atoms with Crippen LogP contribution in [-0.4, -0.2) is 29.5 Å². The van der Waals surface area contributed by atoms with Crippen molar-refractivity contribution >= 4 is 23.9 Å². The van der Waals surface area contributed by atoms with Gasteiger partial charge in [0.15, 0.2) is 0 Å². The lowest BCUT2D eigenvalue weighted by atomic mass is 10.0. The monoisotopic (exact) mass is 493 g/mol.